The Bertz CT molecular complexity index is 1680. The Morgan fingerprint density at radius 3 is 0.825 bits per heavy atom. The summed E-state index contributed by atoms with van der Waals surface area (Å²) < 4.78 is 12.5. The van der Waals surface area contributed by atoms with E-state index < -0.39 is 14.0 Å². The lowest BCUT2D eigenvalue weighted by atomic mass is 9.76. The summed E-state index contributed by atoms with van der Waals surface area (Å²) in [4.78, 5) is 13.9. The molecule has 0 aromatic heterocycles. The van der Waals surface area contributed by atoms with E-state index in [1.165, 1.54) is 0 Å². The summed E-state index contributed by atoms with van der Waals surface area (Å²) in [7, 11) is -0.555. The molecule has 0 spiro atoms. The molecule has 0 aliphatic heterocycles. The number of benzene rings is 6. The van der Waals surface area contributed by atoms with Gasteiger partial charge in [-0.15, -0.1) is 0 Å². The van der Waals surface area contributed by atoms with Crippen molar-refractivity contribution in [2.24, 2.45) is 0 Å². The number of rotatable bonds is 7. The van der Waals surface area contributed by atoms with E-state index in [0.29, 0.717) is 5.56 Å². The summed E-state index contributed by atoms with van der Waals surface area (Å²) >= 11 is 0. The van der Waals surface area contributed by atoms with Gasteiger partial charge < -0.3 is 0 Å². The van der Waals surface area contributed by atoms with E-state index in [0.717, 1.165) is 55.6 Å². The zero-order valence-electron chi connectivity index (χ0n) is 21.7. The van der Waals surface area contributed by atoms with Crippen LogP contribution in [0, 0.1) is 0 Å². The fourth-order valence-electron chi connectivity index (χ4n) is 5.48. The number of carbonyl (C=O) groups excluding carboxylic acids is 1. The summed E-state index contributed by atoms with van der Waals surface area (Å²) in [5, 5.41) is 0. The van der Waals surface area contributed by atoms with Gasteiger partial charge in [-0.1, -0.05) is 152 Å². The maximum atomic E-state index is 13.9. The van der Waals surface area contributed by atoms with Crippen molar-refractivity contribution in [1.29, 1.82) is 0 Å². The molecule has 0 bridgehead atoms. The molecule has 0 unspecified atom stereocenters. The second-order valence-corrected chi connectivity index (χ2v) is 10.1. The highest BCUT2D eigenvalue weighted by Gasteiger charge is 2.31. The Morgan fingerprint density at radius 1 is 0.350 bits per heavy atom. The van der Waals surface area contributed by atoms with Gasteiger partial charge in [0.15, 0.2) is 0 Å². The van der Waals surface area contributed by atoms with Gasteiger partial charge in [0, 0.05) is 16.7 Å². The molecular weight excluding hydrogens is 507 g/mol. The van der Waals surface area contributed by atoms with Crippen molar-refractivity contribution in [3.05, 3.63) is 157 Å². The molecule has 0 aliphatic carbocycles. The number of hydrogen-bond donors (Lipinski definition) is 0. The Balaban J connectivity index is 1.96. The smallest absolute Gasteiger partial charge is 0.254 e. The Hall–Kier alpha value is -4.91. The summed E-state index contributed by atoms with van der Waals surface area (Å²) in [6.07, 6.45) is 0. The summed E-state index contributed by atoms with van der Waals surface area (Å²) in [6.45, 7) is 0. The van der Waals surface area contributed by atoms with Gasteiger partial charge in [-0.2, -0.15) is 0 Å². The van der Waals surface area contributed by atoms with E-state index in [-0.39, 0.29) is 0 Å². The van der Waals surface area contributed by atoms with Crippen LogP contribution < -0.4 is 0 Å². The summed E-state index contributed by atoms with van der Waals surface area (Å²) in [5.41, 5.74) is 9.22. The topological polar surface area (TPSA) is 34.1 Å². The average molecular weight is 533 g/mol. The van der Waals surface area contributed by atoms with Crippen LogP contribution in [-0.2, 0) is 4.57 Å². The quantitative estimate of drug-likeness (QED) is 0.192. The van der Waals surface area contributed by atoms with Crippen molar-refractivity contribution >= 4 is 14.0 Å². The summed E-state index contributed by atoms with van der Waals surface area (Å²) in [6, 6.07) is 50.6. The van der Waals surface area contributed by atoms with Gasteiger partial charge in [0.25, 0.3) is 5.52 Å². The van der Waals surface area contributed by atoms with Crippen LogP contribution >= 0.6 is 8.46 Å². The highest BCUT2D eigenvalue weighted by Crippen LogP contribution is 2.53. The van der Waals surface area contributed by atoms with E-state index in [1.807, 2.05) is 115 Å². The van der Waals surface area contributed by atoms with Crippen LogP contribution in [0.3, 0.4) is 0 Å². The van der Waals surface area contributed by atoms with Gasteiger partial charge in [-0.05, 0) is 44.5 Å². The van der Waals surface area contributed by atoms with Crippen molar-refractivity contribution in [3.8, 4) is 55.6 Å². The molecule has 0 aliphatic rings. The van der Waals surface area contributed by atoms with E-state index in [9.17, 15) is 9.36 Å². The molecule has 0 N–H and O–H groups in total. The SMILES string of the molecule is O=PC(=O)c1c(-c2ccccc2)c(-c2ccccc2)c(-c2ccccc2)c(-c2ccccc2)c1-c1ccccc1. The van der Waals surface area contributed by atoms with Gasteiger partial charge in [-0.25, -0.2) is 0 Å². The minimum atomic E-state index is -0.555. The van der Waals surface area contributed by atoms with Gasteiger partial charge >= 0.3 is 0 Å². The van der Waals surface area contributed by atoms with Gasteiger partial charge in [0.1, 0.15) is 0 Å². The number of hydrogen-bond acceptors (Lipinski definition) is 2. The minimum absolute atomic E-state index is 0.450. The first-order valence-electron chi connectivity index (χ1n) is 13.2. The van der Waals surface area contributed by atoms with Crippen molar-refractivity contribution in [2.45, 2.75) is 0 Å². The predicted octanol–water partition coefficient (Wildman–Crippen LogP) is 10.5. The molecular formula is C37H25O2P. The van der Waals surface area contributed by atoms with Crippen LogP contribution in [0.25, 0.3) is 55.6 Å². The lowest BCUT2D eigenvalue weighted by Gasteiger charge is -2.27. The molecule has 0 amide bonds. The molecule has 0 fully saturated rings. The molecule has 190 valence electrons. The van der Waals surface area contributed by atoms with E-state index in [2.05, 4.69) is 36.4 Å². The van der Waals surface area contributed by atoms with Crippen molar-refractivity contribution in [2.75, 3.05) is 0 Å². The molecule has 6 aromatic carbocycles. The van der Waals surface area contributed by atoms with E-state index in [1.54, 1.807) is 0 Å². The second kappa shape index (κ2) is 11.5. The third-order valence-electron chi connectivity index (χ3n) is 7.11. The molecule has 0 heterocycles. The number of carbonyl (C=O) groups is 1. The van der Waals surface area contributed by atoms with Crippen LogP contribution in [0.5, 0.6) is 0 Å². The minimum Gasteiger partial charge on any atom is -0.280 e. The molecule has 6 rings (SSSR count). The maximum Gasteiger partial charge on any atom is 0.254 e. The zero-order valence-corrected chi connectivity index (χ0v) is 22.6. The van der Waals surface area contributed by atoms with Crippen molar-refractivity contribution in [3.63, 3.8) is 0 Å². The Kier molecular flexibility index (Phi) is 7.26. The highest BCUT2D eigenvalue weighted by molar-refractivity contribution is 7.47. The third-order valence-corrected chi connectivity index (χ3v) is 7.50. The van der Waals surface area contributed by atoms with Crippen molar-refractivity contribution < 1.29 is 9.36 Å². The monoisotopic (exact) mass is 532 g/mol. The fraction of sp³-hybridized carbons (Fsp3) is 0. The Morgan fingerprint density at radius 2 is 0.575 bits per heavy atom. The van der Waals surface area contributed by atoms with Gasteiger partial charge in [0.05, 0.1) is 0 Å². The molecule has 6 aromatic rings. The molecule has 0 radical (unpaired) electrons. The molecule has 0 saturated carbocycles. The lowest BCUT2D eigenvalue weighted by Crippen LogP contribution is -2.06. The normalized spacial score (nSPS) is 10.9. The second-order valence-electron chi connectivity index (χ2n) is 9.48. The van der Waals surface area contributed by atoms with Crippen LogP contribution in [-0.4, -0.2) is 5.52 Å². The first-order valence-corrected chi connectivity index (χ1v) is 14.0. The van der Waals surface area contributed by atoms with E-state index >= 15 is 0 Å². The van der Waals surface area contributed by atoms with Crippen LogP contribution in [0.15, 0.2) is 152 Å². The first-order chi connectivity index (χ1) is 19.8. The molecule has 2 nitrogen and oxygen atoms in total. The van der Waals surface area contributed by atoms with Crippen LogP contribution in [0.1, 0.15) is 10.4 Å². The predicted molar refractivity (Wildman–Crippen MR) is 166 cm³/mol. The van der Waals surface area contributed by atoms with Crippen LogP contribution in [0.4, 0.5) is 0 Å². The lowest BCUT2D eigenvalue weighted by molar-refractivity contribution is 0.108. The van der Waals surface area contributed by atoms with Crippen molar-refractivity contribution in [1.82, 2.24) is 0 Å². The fourth-order valence-corrected chi connectivity index (χ4v) is 5.79. The highest BCUT2D eigenvalue weighted by atomic mass is 31.1. The molecule has 0 atom stereocenters. The summed E-state index contributed by atoms with van der Waals surface area (Å²) in [5.74, 6) is 0. The van der Waals surface area contributed by atoms with Gasteiger partial charge in [-0.3, -0.25) is 9.36 Å². The standard InChI is InChI=1S/C37H25O2P/c38-37(40-39)36-34(29-22-12-4-13-23-29)32(27-18-8-2-9-19-27)31(26-16-6-1-7-17-26)33(28-20-10-3-11-21-28)35(36)30-24-14-5-15-25-30/h1-25H. The van der Waals surface area contributed by atoms with Crippen LogP contribution in [0.2, 0.25) is 0 Å². The van der Waals surface area contributed by atoms with E-state index in [4.69, 9.17) is 0 Å². The Labute approximate surface area is 235 Å². The molecule has 3 heteroatoms. The molecule has 0 saturated heterocycles. The zero-order chi connectivity index (χ0) is 27.3. The molecule has 40 heavy (non-hydrogen) atoms. The van der Waals surface area contributed by atoms with Gasteiger partial charge in [0.2, 0.25) is 8.46 Å². The maximum absolute atomic E-state index is 13.9. The average Bonchev–Trinajstić information content (AvgIpc) is 3.05. The first kappa shape index (κ1) is 25.4. The largest absolute Gasteiger partial charge is 0.280 e. The third kappa shape index (κ3) is 4.71.